The van der Waals surface area contributed by atoms with Gasteiger partial charge in [-0.2, -0.15) is 0 Å². The van der Waals surface area contributed by atoms with Crippen LogP contribution in [0.25, 0.3) is 6.08 Å². The molecule has 0 saturated carbocycles. The number of carbonyl (C=O) groups is 1. The van der Waals surface area contributed by atoms with Gasteiger partial charge in [-0.25, -0.2) is 9.78 Å². The number of hydrogen-bond donors (Lipinski definition) is 2. The zero-order valence-electron chi connectivity index (χ0n) is 12.5. The first-order chi connectivity index (χ1) is 10.5. The normalized spacial score (nSPS) is 11.7. The number of rotatable bonds is 6. The van der Waals surface area contributed by atoms with Crippen molar-refractivity contribution in [3.8, 4) is 5.75 Å². The Morgan fingerprint density at radius 1 is 1.41 bits per heavy atom. The van der Waals surface area contributed by atoms with E-state index in [-0.39, 0.29) is 11.0 Å². The molecule has 2 aromatic rings. The zero-order chi connectivity index (χ0) is 16.1. The number of aryl methyl sites for hydroxylation is 1. The van der Waals surface area contributed by atoms with Crippen LogP contribution in [0, 0.1) is 6.92 Å². The van der Waals surface area contributed by atoms with Crippen LogP contribution in [0.4, 0.5) is 0 Å². The molecule has 2 rings (SSSR count). The lowest BCUT2D eigenvalue weighted by molar-refractivity contribution is -0.131. The molecule has 0 aliphatic carbocycles. The molecule has 1 heterocycles. The van der Waals surface area contributed by atoms with Crippen LogP contribution < -0.4 is 4.74 Å². The molecule has 0 unspecified atom stereocenters. The van der Waals surface area contributed by atoms with Crippen molar-refractivity contribution >= 4 is 23.8 Å². The lowest BCUT2D eigenvalue weighted by Gasteiger charge is -2.12. The van der Waals surface area contributed by atoms with E-state index < -0.39 is 5.97 Å². The number of carboxylic acids is 1. The topological polar surface area (TPSA) is 88.1 Å². The number of nitrogens with zero attached hydrogens (tertiary/aromatic N) is 2. The number of nitrogens with one attached hydrogen (secondary N) is 1. The molecule has 0 spiro atoms. The highest BCUT2D eigenvalue weighted by Crippen LogP contribution is 2.29. The summed E-state index contributed by atoms with van der Waals surface area (Å²) in [6.45, 7) is 5.60. The molecule has 116 valence electrons. The van der Waals surface area contributed by atoms with Crippen molar-refractivity contribution in [2.24, 2.45) is 0 Å². The summed E-state index contributed by atoms with van der Waals surface area (Å²) in [6, 6.07) is 7.30. The Morgan fingerprint density at radius 3 is 2.73 bits per heavy atom. The Kier molecular flexibility index (Phi) is 5.21. The van der Waals surface area contributed by atoms with Gasteiger partial charge in [0.1, 0.15) is 16.5 Å². The molecule has 22 heavy (non-hydrogen) atoms. The SMILES string of the molecule is Cc1nc(S/C(=C\c2ccccc2OC(C)C)C(=O)O)n[nH]1. The highest BCUT2D eigenvalue weighted by molar-refractivity contribution is 8.04. The van der Waals surface area contributed by atoms with Crippen LogP contribution in [0.3, 0.4) is 0 Å². The highest BCUT2D eigenvalue weighted by Gasteiger charge is 2.14. The molecule has 0 fully saturated rings. The first-order valence-electron chi connectivity index (χ1n) is 6.73. The predicted octanol–water partition coefficient (Wildman–Crippen LogP) is 3.12. The predicted molar refractivity (Wildman–Crippen MR) is 84.8 cm³/mol. The second kappa shape index (κ2) is 7.13. The lowest BCUT2D eigenvalue weighted by Crippen LogP contribution is -2.06. The molecule has 7 heteroatoms. The number of aromatic nitrogens is 3. The smallest absolute Gasteiger partial charge is 0.342 e. The van der Waals surface area contributed by atoms with Gasteiger partial charge in [-0.05, 0) is 44.7 Å². The summed E-state index contributed by atoms with van der Waals surface area (Å²) < 4.78 is 5.70. The molecular weight excluding hydrogens is 302 g/mol. The Bertz CT molecular complexity index is 695. The second-order valence-electron chi connectivity index (χ2n) is 4.82. The number of aromatic amines is 1. The Labute approximate surface area is 132 Å². The summed E-state index contributed by atoms with van der Waals surface area (Å²) in [6.07, 6.45) is 1.57. The van der Waals surface area contributed by atoms with Crippen molar-refractivity contribution in [3.05, 3.63) is 40.6 Å². The third kappa shape index (κ3) is 4.36. The molecule has 0 radical (unpaired) electrons. The maximum Gasteiger partial charge on any atom is 0.342 e. The number of thioether (sulfide) groups is 1. The van der Waals surface area contributed by atoms with Crippen LogP contribution in [-0.4, -0.2) is 32.4 Å². The monoisotopic (exact) mass is 319 g/mol. The fourth-order valence-corrected chi connectivity index (χ4v) is 2.45. The van der Waals surface area contributed by atoms with Gasteiger partial charge in [0.15, 0.2) is 0 Å². The van der Waals surface area contributed by atoms with Gasteiger partial charge >= 0.3 is 5.97 Å². The second-order valence-corrected chi connectivity index (χ2v) is 5.83. The molecule has 0 amide bonds. The van der Waals surface area contributed by atoms with Gasteiger partial charge in [-0.15, -0.1) is 5.10 Å². The van der Waals surface area contributed by atoms with Crippen molar-refractivity contribution in [2.75, 3.05) is 0 Å². The van der Waals surface area contributed by atoms with Crippen molar-refractivity contribution < 1.29 is 14.6 Å². The average Bonchev–Trinajstić information content (AvgIpc) is 2.85. The fraction of sp³-hybridized carbons (Fsp3) is 0.267. The molecule has 0 aliphatic rings. The van der Waals surface area contributed by atoms with Crippen molar-refractivity contribution in [1.82, 2.24) is 15.2 Å². The van der Waals surface area contributed by atoms with E-state index >= 15 is 0 Å². The number of hydrogen-bond acceptors (Lipinski definition) is 5. The summed E-state index contributed by atoms with van der Waals surface area (Å²) in [5, 5.41) is 16.4. The molecule has 0 atom stereocenters. The molecule has 2 N–H and O–H groups in total. The molecule has 1 aromatic heterocycles. The van der Waals surface area contributed by atoms with Gasteiger partial charge in [-0.1, -0.05) is 18.2 Å². The molecular formula is C15H17N3O3S. The van der Waals surface area contributed by atoms with Crippen LogP contribution in [0.5, 0.6) is 5.75 Å². The van der Waals surface area contributed by atoms with E-state index in [9.17, 15) is 9.90 Å². The largest absolute Gasteiger partial charge is 0.490 e. The Hall–Kier alpha value is -2.28. The van der Waals surface area contributed by atoms with Gasteiger partial charge in [-0.3, -0.25) is 5.10 Å². The summed E-state index contributed by atoms with van der Waals surface area (Å²) in [5.41, 5.74) is 0.702. The van der Waals surface area contributed by atoms with Crippen LogP contribution in [0.1, 0.15) is 25.2 Å². The van der Waals surface area contributed by atoms with Gasteiger partial charge < -0.3 is 9.84 Å². The van der Waals surface area contributed by atoms with Crippen molar-refractivity contribution in [3.63, 3.8) is 0 Å². The van der Waals surface area contributed by atoms with E-state index in [0.29, 0.717) is 22.3 Å². The maximum absolute atomic E-state index is 11.5. The summed E-state index contributed by atoms with van der Waals surface area (Å²) in [4.78, 5) is 15.7. The molecule has 0 saturated heterocycles. The van der Waals surface area contributed by atoms with Crippen LogP contribution in [0.15, 0.2) is 34.3 Å². The van der Waals surface area contributed by atoms with Gasteiger partial charge in [0.25, 0.3) is 0 Å². The first kappa shape index (κ1) is 16.1. The number of ether oxygens (including phenoxy) is 1. The quantitative estimate of drug-likeness (QED) is 0.628. The van der Waals surface area contributed by atoms with Gasteiger partial charge in [0.05, 0.1) is 6.10 Å². The van der Waals surface area contributed by atoms with Crippen LogP contribution in [0.2, 0.25) is 0 Å². The number of carboxylic acid groups (broad SMARTS) is 1. The zero-order valence-corrected chi connectivity index (χ0v) is 13.3. The van der Waals surface area contributed by atoms with E-state index in [1.165, 1.54) is 0 Å². The van der Waals surface area contributed by atoms with E-state index in [1.807, 2.05) is 38.1 Å². The molecule has 6 nitrogen and oxygen atoms in total. The van der Waals surface area contributed by atoms with E-state index in [0.717, 1.165) is 11.8 Å². The molecule has 0 aliphatic heterocycles. The summed E-state index contributed by atoms with van der Waals surface area (Å²) >= 11 is 0.993. The number of benzene rings is 1. The summed E-state index contributed by atoms with van der Waals surface area (Å²) in [7, 11) is 0. The molecule has 0 bridgehead atoms. The average molecular weight is 319 g/mol. The Morgan fingerprint density at radius 2 is 2.14 bits per heavy atom. The van der Waals surface area contributed by atoms with E-state index in [4.69, 9.17) is 4.74 Å². The van der Waals surface area contributed by atoms with Crippen LogP contribution >= 0.6 is 11.8 Å². The number of H-pyrrole nitrogens is 1. The molecule has 1 aromatic carbocycles. The van der Waals surface area contributed by atoms with Gasteiger partial charge in [0, 0.05) is 5.56 Å². The standard InChI is InChI=1S/C15H17N3O3S/c1-9(2)21-12-7-5-4-6-11(12)8-13(14(19)20)22-15-16-10(3)17-18-15/h4-9H,1-3H3,(H,19,20)(H,16,17,18)/b13-8-. The highest BCUT2D eigenvalue weighted by atomic mass is 32.2. The van der Waals surface area contributed by atoms with Crippen molar-refractivity contribution in [1.29, 1.82) is 0 Å². The maximum atomic E-state index is 11.5. The number of para-hydroxylation sites is 1. The minimum absolute atomic E-state index is 0.00568. The lowest BCUT2D eigenvalue weighted by atomic mass is 10.2. The van der Waals surface area contributed by atoms with Gasteiger partial charge in [0.2, 0.25) is 5.16 Å². The Balaban J connectivity index is 2.32. The van der Waals surface area contributed by atoms with Crippen LogP contribution in [-0.2, 0) is 4.79 Å². The minimum atomic E-state index is -1.04. The van der Waals surface area contributed by atoms with E-state index in [1.54, 1.807) is 13.0 Å². The number of aliphatic carboxylic acids is 1. The van der Waals surface area contributed by atoms with E-state index in [2.05, 4.69) is 15.2 Å². The third-order valence-corrected chi connectivity index (χ3v) is 3.43. The summed E-state index contributed by atoms with van der Waals surface area (Å²) in [5.74, 6) is 0.241. The first-order valence-corrected chi connectivity index (χ1v) is 7.55. The van der Waals surface area contributed by atoms with Crippen molar-refractivity contribution in [2.45, 2.75) is 32.0 Å². The third-order valence-electron chi connectivity index (χ3n) is 2.56. The minimum Gasteiger partial charge on any atom is -0.490 e. The fourth-order valence-electron chi connectivity index (χ4n) is 1.70.